The molecule has 142 valence electrons. The topological polar surface area (TPSA) is 77.6 Å². The normalized spacial score (nSPS) is 18.2. The first-order valence-corrected chi connectivity index (χ1v) is 9.49. The summed E-state index contributed by atoms with van der Waals surface area (Å²) < 4.78 is 9.45. The number of amides is 1. The Kier molecular flexibility index (Phi) is 4.70. The number of ether oxygens (including phenoxy) is 1. The first-order chi connectivity index (χ1) is 13.1. The summed E-state index contributed by atoms with van der Waals surface area (Å²) in [6.45, 7) is 5.15. The average molecular weight is 368 g/mol. The maximum Gasteiger partial charge on any atom is 0.273 e. The van der Waals surface area contributed by atoms with E-state index >= 15 is 0 Å². The molecule has 0 aliphatic carbocycles. The summed E-state index contributed by atoms with van der Waals surface area (Å²) in [5.74, 6) is -0.0475. The van der Waals surface area contributed by atoms with Crippen LogP contribution < -0.4 is 10.9 Å². The molecule has 1 aliphatic heterocycles. The SMILES string of the molecule is CC[C@H](C(=O)NC[C@H]1CCCO1)n1c2ccccc2c2nc(=O)cc(C)n21. The summed E-state index contributed by atoms with van der Waals surface area (Å²) in [5, 5.41) is 3.91. The van der Waals surface area contributed by atoms with E-state index in [0.717, 1.165) is 36.0 Å². The summed E-state index contributed by atoms with van der Waals surface area (Å²) >= 11 is 0. The van der Waals surface area contributed by atoms with Crippen molar-refractivity contribution in [2.24, 2.45) is 0 Å². The van der Waals surface area contributed by atoms with Crippen LogP contribution in [0.2, 0.25) is 0 Å². The summed E-state index contributed by atoms with van der Waals surface area (Å²) in [4.78, 5) is 29.2. The average Bonchev–Trinajstić information content (AvgIpc) is 3.28. The molecular weight excluding hydrogens is 344 g/mol. The van der Waals surface area contributed by atoms with Crippen LogP contribution in [0.1, 0.15) is 37.9 Å². The third-order valence-corrected chi connectivity index (χ3v) is 5.20. The van der Waals surface area contributed by atoms with Gasteiger partial charge in [-0.05, 0) is 38.3 Å². The molecule has 1 aromatic carbocycles. The molecule has 1 fully saturated rings. The first kappa shape index (κ1) is 17.7. The number of para-hydroxylation sites is 1. The minimum Gasteiger partial charge on any atom is -0.376 e. The number of rotatable bonds is 5. The second kappa shape index (κ2) is 7.15. The summed E-state index contributed by atoms with van der Waals surface area (Å²) in [5.41, 5.74) is 1.96. The van der Waals surface area contributed by atoms with Crippen LogP contribution in [0.4, 0.5) is 0 Å². The van der Waals surface area contributed by atoms with E-state index in [2.05, 4.69) is 10.3 Å². The van der Waals surface area contributed by atoms with Gasteiger partial charge in [0.25, 0.3) is 5.56 Å². The quantitative estimate of drug-likeness (QED) is 0.749. The summed E-state index contributed by atoms with van der Waals surface area (Å²) in [6, 6.07) is 8.84. The van der Waals surface area contributed by atoms with Gasteiger partial charge in [0.1, 0.15) is 6.04 Å². The van der Waals surface area contributed by atoms with Gasteiger partial charge in [0.05, 0.1) is 11.6 Å². The molecular formula is C20H24N4O3. The van der Waals surface area contributed by atoms with Crippen LogP contribution in [0.3, 0.4) is 0 Å². The van der Waals surface area contributed by atoms with Crippen LogP contribution in [-0.2, 0) is 9.53 Å². The van der Waals surface area contributed by atoms with Crippen molar-refractivity contribution in [3.63, 3.8) is 0 Å². The van der Waals surface area contributed by atoms with E-state index in [-0.39, 0.29) is 17.6 Å². The zero-order valence-corrected chi connectivity index (χ0v) is 15.6. The van der Waals surface area contributed by atoms with E-state index < -0.39 is 6.04 Å². The van der Waals surface area contributed by atoms with E-state index in [4.69, 9.17) is 4.74 Å². The predicted octanol–water partition coefficient (Wildman–Crippen LogP) is 2.20. The molecule has 2 aromatic heterocycles. The summed E-state index contributed by atoms with van der Waals surface area (Å²) in [6.07, 6.45) is 2.75. The fourth-order valence-corrected chi connectivity index (χ4v) is 3.92. The predicted molar refractivity (Wildman–Crippen MR) is 103 cm³/mol. The van der Waals surface area contributed by atoms with Crippen LogP contribution in [0.15, 0.2) is 35.1 Å². The largest absolute Gasteiger partial charge is 0.376 e. The fraction of sp³-hybridized carbons (Fsp3) is 0.450. The molecule has 7 heteroatoms. The number of benzene rings is 1. The molecule has 1 saturated heterocycles. The second-order valence-electron chi connectivity index (χ2n) is 7.04. The number of carbonyl (C=O) groups excluding carboxylic acids is 1. The van der Waals surface area contributed by atoms with Gasteiger partial charge >= 0.3 is 0 Å². The van der Waals surface area contributed by atoms with Crippen molar-refractivity contribution in [1.82, 2.24) is 19.5 Å². The van der Waals surface area contributed by atoms with Crippen molar-refractivity contribution in [3.05, 3.63) is 46.4 Å². The Hall–Kier alpha value is -2.67. The second-order valence-corrected chi connectivity index (χ2v) is 7.04. The van der Waals surface area contributed by atoms with Crippen molar-refractivity contribution in [3.8, 4) is 0 Å². The highest BCUT2D eigenvalue weighted by atomic mass is 16.5. The van der Waals surface area contributed by atoms with Crippen molar-refractivity contribution >= 4 is 22.5 Å². The van der Waals surface area contributed by atoms with Gasteiger partial charge in [0, 0.05) is 30.3 Å². The molecule has 2 atom stereocenters. The molecule has 0 spiro atoms. The van der Waals surface area contributed by atoms with Crippen molar-refractivity contribution in [2.75, 3.05) is 13.2 Å². The smallest absolute Gasteiger partial charge is 0.273 e. The van der Waals surface area contributed by atoms with Crippen LogP contribution in [0.5, 0.6) is 0 Å². The van der Waals surface area contributed by atoms with E-state index in [0.29, 0.717) is 18.6 Å². The molecule has 0 radical (unpaired) electrons. The van der Waals surface area contributed by atoms with Gasteiger partial charge in [-0.2, -0.15) is 4.98 Å². The highest BCUT2D eigenvalue weighted by Gasteiger charge is 2.26. The zero-order chi connectivity index (χ0) is 19.0. The Morgan fingerprint density at radius 1 is 1.41 bits per heavy atom. The Morgan fingerprint density at radius 3 is 2.96 bits per heavy atom. The molecule has 1 N–H and O–H groups in total. The van der Waals surface area contributed by atoms with E-state index in [9.17, 15) is 9.59 Å². The van der Waals surface area contributed by atoms with E-state index in [1.165, 1.54) is 6.07 Å². The molecule has 3 heterocycles. The molecule has 1 amide bonds. The van der Waals surface area contributed by atoms with Gasteiger partial charge in [-0.15, -0.1) is 0 Å². The number of nitrogens with one attached hydrogen (secondary N) is 1. The molecule has 4 rings (SSSR count). The van der Waals surface area contributed by atoms with Crippen molar-refractivity contribution < 1.29 is 9.53 Å². The van der Waals surface area contributed by atoms with Crippen molar-refractivity contribution in [1.29, 1.82) is 0 Å². The number of aromatic nitrogens is 3. The molecule has 0 saturated carbocycles. The number of fused-ring (bicyclic) bond motifs is 3. The number of aryl methyl sites for hydroxylation is 1. The number of hydrogen-bond acceptors (Lipinski definition) is 4. The van der Waals surface area contributed by atoms with Gasteiger partial charge in [-0.1, -0.05) is 19.1 Å². The molecule has 3 aromatic rings. The van der Waals surface area contributed by atoms with Crippen molar-refractivity contribution in [2.45, 2.75) is 45.3 Å². The molecule has 0 bridgehead atoms. The maximum absolute atomic E-state index is 13.0. The van der Waals surface area contributed by atoms with Crippen LogP contribution in [0, 0.1) is 6.92 Å². The lowest BCUT2D eigenvalue weighted by atomic mass is 10.2. The van der Waals surface area contributed by atoms with Crippen LogP contribution >= 0.6 is 0 Å². The van der Waals surface area contributed by atoms with Crippen LogP contribution in [0.25, 0.3) is 16.6 Å². The highest BCUT2D eigenvalue weighted by Crippen LogP contribution is 2.26. The Labute approximate surface area is 156 Å². The minimum absolute atomic E-state index is 0.0475. The molecule has 1 aliphatic rings. The molecule has 27 heavy (non-hydrogen) atoms. The van der Waals surface area contributed by atoms with Gasteiger partial charge in [-0.3, -0.25) is 14.3 Å². The van der Waals surface area contributed by atoms with Crippen LogP contribution in [-0.4, -0.2) is 39.3 Å². The summed E-state index contributed by atoms with van der Waals surface area (Å²) in [7, 11) is 0. The Balaban J connectivity index is 1.79. The highest BCUT2D eigenvalue weighted by molar-refractivity contribution is 5.94. The lowest BCUT2D eigenvalue weighted by Crippen LogP contribution is -2.38. The van der Waals surface area contributed by atoms with E-state index in [1.807, 2.05) is 47.3 Å². The standard InChI is InChI=1S/C20H24N4O3/c1-3-16(20(26)21-12-14-7-6-10-27-14)24-17-9-5-4-8-15(17)19-22-18(25)11-13(2)23(19)24/h4-5,8-9,11,14,16H,3,6-7,10,12H2,1-2H3,(H,21,26)/t14-,16-/m1/s1. The third kappa shape index (κ3) is 3.12. The van der Waals surface area contributed by atoms with Gasteiger partial charge < -0.3 is 10.1 Å². The lowest BCUT2D eigenvalue weighted by Gasteiger charge is -2.21. The Morgan fingerprint density at radius 2 is 2.22 bits per heavy atom. The number of nitrogens with zero attached hydrogens (tertiary/aromatic N) is 3. The van der Waals surface area contributed by atoms with Gasteiger partial charge in [-0.25, -0.2) is 4.52 Å². The molecule has 0 unspecified atom stereocenters. The zero-order valence-electron chi connectivity index (χ0n) is 15.6. The lowest BCUT2D eigenvalue weighted by molar-refractivity contribution is -0.125. The monoisotopic (exact) mass is 368 g/mol. The molecule has 7 nitrogen and oxygen atoms in total. The van der Waals surface area contributed by atoms with Gasteiger partial charge in [0.2, 0.25) is 5.91 Å². The van der Waals surface area contributed by atoms with E-state index in [1.54, 1.807) is 0 Å². The first-order valence-electron chi connectivity index (χ1n) is 9.49. The fourth-order valence-electron chi connectivity index (χ4n) is 3.92. The number of hydrogen-bond donors (Lipinski definition) is 1. The van der Waals surface area contributed by atoms with Gasteiger partial charge in [0.15, 0.2) is 5.65 Å². The third-order valence-electron chi connectivity index (χ3n) is 5.20. The number of carbonyl (C=O) groups is 1. The minimum atomic E-state index is -0.406. The maximum atomic E-state index is 13.0. The Bertz CT molecular complexity index is 1050.